The summed E-state index contributed by atoms with van der Waals surface area (Å²) in [5.74, 6) is -0.617. The molecule has 1 amide bonds. The Labute approximate surface area is 217 Å². The molecule has 36 heavy (non-hydrogen) atoms. The SMILES string of the molecule is Cc1nn(-c2ccc(Cl)cc2)cc1C(Nc1ccc(C(=O)N(C)CCC(=O)O)cc1)C1CCCCC1. The monoisotopic (exact) mass is 508 g/mol. The summed E-state index contributed by atoms with van der Waals surface area (Å²) in [7, 11) is 1.62. The number of halogens is 1. The summed E-state index contributed by atoms with van der Waals surface area (Å²) in [5, 5.41) is 18.1. The molecular formula is C28H33ClN4O3. The first-order valence-corrected chi connectivity index (χ1v) is 12.9. The zero-order chi connectivity index (χ0) is 25.7. The number of nitrogens with one attached hydrogen (secondary N) is 1. The second kappa shape index (κ2) is 11.6. The van der Waals surface area contributed by atoms with E-state index in [1.165, 1.54) is 29.7 Å². The van der Waals surface area contributed by atoms with E-state index in [1.54, 1.807) is 19.2 Å². The number of aliphatic carboxylic acids is 1. The fourth-order valence-electron chi connectivity index (χ4n) is 4.90. The minimum absolute atomic E-state index is 0.0754. The third-order valence-corrected chi connectivity index (χ3v) is 7.20. The highest BCUT2D eigenvalue weighted by atomic mass is 35.5. The number of carbonyl (C=O) groups is 2. The van der Waals surface area contributed by atoms with Gasteiger partial charge in [0.15, 0.2) is 0 Å². The van der Waals surface area contributed by atoms with Crippen LogP contribution in [-0.4, -0.2) is 45.3 Å². The van der Waals surface area contributed by atoms with Crippen molar-refractivity contribution >= 4 is 29.2 Å². The predicted molar refractivity (Wildman–Crippen MR) is 142 cm³/mol. The van der Waals surface area contributed by atoms with Crippen LogP contribution in [0.1, 0.15) is 66.2 Å². The standard InChI is InChI=1S/C28H33ClN4O3/c1-19-25(18-33(31-19)24-14-10-22(29)11-15-24)27(20-6-4-3-5-7-20)30-23-12-8-21(9-13-23)28(36)32(2)17-16-26(34)35/h8-15,18,20,27,30H,3-7,16-17H2,1-2H3,(H,34,35). The van der Waals surface area contributed by atoms with Gasteiger partial charge in [0.2, 0.25) is 0 Å². The number of carboxylic acid groups (broad SMARTS) is 1. The van der Waals surface area contributed by atoms with E-state index in [-0.39, 0.29) is 24.9 Å². The van der Waals surface area contributed by atoms with Gasteiger partial charge >= 0.3 is 5.97 Å². The molecule has 0 radical (unpaired) electrons. The number of carbonyl (C=O) groups excluding carboxylic acids is 1. The average molecular weight is 509 g/mol. The van der Waals surface area contributed by atoms with Gasteiger partial charge in [-0.25, -0.2) is 4.68 Å². The van der Waals surface area contributed by atoms with Crippen molar-refractivity contribution in [2.24, 2.45) is 5.92 Å². The van der Waals surface area contributed by atoms with Crippen LogP contribution in [-0.2, 0) is 4.79 Å². The highest BCUT2D eigenvalue weighted by Crippen LogP contribution is 2.38. The van der Waals surface area contributed by atoms with Gasteiger partial charge in [-0.05, 0) is 74.2 Å². The minimum atomic E-state index is -0.919. The number of nitrogens with zero attached hydrogens (tertiary/aromatic N) is 3. The molecule has 2 aromatic carbocycles. The maximum absolute atomic E-state index is 12.7. The van der Waals surface area contributed by atoms with Crippen LogP contribution in [0.15, 0.2) is 54.7 Å². The molecule has 1 atom stereocenters. The van der Waals surface area contributed by atoms with Crippen molar-refractivity contribution < 1.29 is 14.7 Å². The van der Waals surface area contributed by atoms with Crippen LogP contribution in [0.5, 0.6) is 0 Å². The van der Waals surface area contributed by atoms with Crippen LogP contribution in [0.2, 0.25) is 5.02 Å². The molecule has 0 saturated heterocycles. The molecule has 1 aromatic heterocycles. The Kier molecular flexibility index (Phi) is 8.31. The smallest absolute Gasteiger partial charge is 0.305 e. The summed E-state index contributed by atoms with van der Waals surface area (Å²) < 4.78 is 1.91. The molecule has 1 fully saturated rings. The Bertz CT molecular complexity index is 1180. The van der Waals surface area contributed by atoms with Crippen molar-refractivity contribution in [2.75, 3.05) is 18.9 Å². The van der Waals surface area contributed by atoms with Gasteiger partial charge in [0.1, 0.15) is 0 Å². The van der Waals surface area contributed by atoms with Gasteiger partial charge in [-0.15, -0.1) is 0 Å². The number of benzene rings is 2. The molecule has 2 N–H and O–H groups in total. The molecule has 1 unspecified atom stereocenters. The normalized spacial score (nSPS) is 14.9. The molecule has 1 heterocycles. The van der Waals surface area contributed by atoms with Gasteiger partial charge in [-0.1, -0.05) is 30.9 Å². The molecule has 1 aliphatic carbocycles. The lowest BCUT2D eigenvalue weighted by atomic mass is 9.81. The molecule has 1 saturated carbocycles. The molecule has 8 heteroatoms. The quantitative estimate of drug-likeness (QED) is 0.364. The molecule has 0 bridgehead atoms. The van der Waals surface area contributed by atoms with Gasteiger partial charge < -0.3 is 15.3 Å². The predicted octanol–water partition coefficient (Wildman–Crippen LogP) is 6.11. The van der Waals surface area contributed by atoms with Crippen LogP contribution >= 0.6 is 11.6 Å². The van der Waals surface area contributed by atoms with E-state index in [0.29, 0.717) is 16.5 Å². The Morgan fingerprint density at radius 1 is 1.11 bits per heavy atom. The largest absolute Gasteiger partial charge is 0.481 e. The first-order chi connectivity index (χ1) is 17.3. The van der Waals surface area contributed by atoms with Crippen molar-refractivity contribution in [1.29, 1.82) is 0 Å². The topological polar surface area (TPSA) is 87.5 Å². The molecule has 7 nitrogen and oxygen atoms in total. The summed E-state index contributed by atoms with van der Waals surface area (Å²) in [6.45, 7) is 2.22. The fourth-order valence-corrected chi connectivity index (χ4v) is 5.02. The number of anilines is 1. The Balaban J connectivity index is 1.55. The fraction of sp³-hybridized carbons (Fsp3) is 0.393. The second-order valence-corrected chi connectivity index (χ2v) is 10.00. The minimum Gasteiger partial charge on any atom is -0.481 e. The molecule has 190 valence electrons. The van der Waals surface area contributed by atoms with Gasteiger partial charge in [0.25, 0.3) is 5.91 Å². The Morgan fingerprint density at radius 2 is 1.78 bits per heavy atom. The van der Waals surface area contributed by atoms with E-state index in [0.717, 1.165) is 29.9 Å². The second-order valence-electron chi connectivity index (χ2n) is 9.56. The van der Waals surface area contributed by atoms with E-state index in [2.05, 4.69) is 11.5 Å². The van der Waals surface area contributed by atoms with Gasteiger partial charge in [0, 0.05) is 41.6 Å². The lowest BCUT2D eigenvalue weighted by molar-refractivity contribution is -0.137. The maximum Gasteiger partial charge on any atom is 0.305 e. The number of rotatable bonds is 9. The van der Waals surface area contributed by atoms with Crippen molar-refractivity contribution in [2.45, 2.75) is 51.5 Å². The summed E-state index contributed by atoms with van der Waals surface area (Å²) in [5.41, 5.74) is 4.60. The van der Waals surface area contributed by atoms with E-state index in [1.807, 2.05) is 48.0 Å². The summed E-state index contributed by atoms with van der Waals surface area (Å²) in [6.07, 6.45) is 8.08. The molecular weight excluding hydrogens is 476 g/mol. The lowest BCUT2D eigenvalue weighted by Gasteiger charge is -2.31. The van der Waals surface area contributed by atoms with Gasteiger partial charge in [-0.2, -0.15) is 5.10 Å². The zero-order valence-corrected chi connectivity index (χ0v) is 21.5. The third kappa shape index (κ3) is 6.26. The Hall–Kier alpha value is -3.32. The van der Waals surface area contributed by atoms with Crippen LogP contribution in [0.4, 0.5) is 5.69 Å². The number of hydrogen-bond acceptors (Lipinski definition) is 4. The molecule has 1 aliphatic rings. The molecule has 3 aromatic rings. The van der Waals surface area contributed by atoms with E-state index >= 15 is 0 Å². The van der Waals surface area contributed by atoms with Crippen molar-refractivity contribution in [3.05, 3.63) is 76.6 Å². The number of carboxylic acids is 1. The average Bonchev–Trinajstić information content (AvgIpc) is 3.27. The molecule has 0 spiro atoms. The third-order valence-electron chi connectivity index (χ3n) is 6.95. The van der Waals surface area contributed by atoms with E-state index < -0.39 is 5.97 Å². The first-order valence-electron chi connectivity index (χ1n) is 12.5. The van der Waals surface area contributed by atoms with E-state index in [4.69, 9.17) is 21.8 Å². The van der Waals surface area contributed by atoms with Crippen LogP contribution in [0.25, 0.3) is 5.69 Å². The van der Waals surface area contributed by atoms with Crippen molar-refractivity contribution in [3.63, 3.8) is 0 Å². The summed E-state index contributed by atoms with van der Waals surface area (Å²) in [4.78, 5) is 24.9. The number of hydrogen-bond donors (Lipinski definition) is 2. The van der Waals surface area contributed by atoms with Crippen molar-refractivity contribution in [3.8, 4) is 5.69 Å². The van der Waals surface area contributed by atoms with Gasteiger partial charge in [-0.3, -0.25) is 9.59 Å². The highest BCUT2D eigenvalue weighted by Gasteiger charge is 2.28. The molecule has 0 aliphatic heterocycles. The Morgan fingerprint density at radius 3 is 2.42 bits per heavy atom. The lowest BCUT2D eigenvalue weighted by Crippen LogP contribution is -2.29. The van der Waals surface area contributed by atoms with Crippen LogP contribution in [0.3, 0.4) is 0 Å². The zero-order valence-electron chi connectivity index (χ0n) is 20.8. The maximum atomic E-state index is 12.7. The highest BCUT2D eigenvalue weighted by molar-refractivity contribution is 6.30. The van der Waals surface area contributed by atoms with Gasteiger partial charge in [0.05, 0.1) is 23.8 Å². The molecule has 4 rings (SSSR count). The van der Waals surface area contributed by atoms with Crippen molar-refractivity contribution in [1.82, 2.24) is 14.7 Å². The summed E-state index contributed by atoms with van der Waals surface area (Å²) >= 11 is 6.07. The number of amides is 1. The number of aryl methyl sites for hydroxylation is 1. The van der Waals surface area contributed by atoms with E-state index in [9.17, 15) is 9.59 Å². The first kappa shape index (κ1) is 25.8. The van der Waals surface area contributed by atoms with Crippen LogP contribution in [0, 0.1) is 12.8 Å². The number of aromatic nitrogens is 2. The van der Waals surface area contributed by atoms with Crippen LogP contribution < -0.4 is 5.32 Å². The summed E-state index contributed by atoms with van der Waals surface area (Å²) in [6, 6.07) is 15.2.